The summed E-state index contributed by atoms with van der Waals surface area (Å²) < 4.78 is 0. The molecule has 90 valence electrons. The van der Waals surface area contributed by atoms with Gasteiger partial charge >= 0.3 is 0 Å². The van der Waals surface area contributed by atoms with Crippen molar-refractivity contribution in [3.8, 4) is 0 Å². The van der Waals surface area contributed by atoms with Crippen LogP contribution in [0.5, 0.6) is 0 Å². The van der Waals surface area contributed by atoms with Crippen molar-refractivity contribution in [2.75, 3.05) is 0 Å². The van der Waals surface area contributed by atoms with Crippen LogP contribution in [0.2, 0.25) is 0 Å². The minimum absolute atomic E-state index is 0.512. The Balaban J connectivity index is 2.46. The fourth-order valence-corrected chi connectivity index (χ4v) is 3.03. The lowest BCUT2D eigenvalue weighted by Crippen LogP contribution is -2.43. The molecule has 15 heavy (non-hydrogen) atoms. The Hall–Kier alpha value is 0. The molecule has 0 aromatic carbocycles. The largest absolute Gasteiger partial charge is 0.0622 e. The summed E-state index contributed by atoms with van der Waals surface area (Å²) in [6.07, 6.45) is 4.28. The zero-order chi connectivity index (χ0) is 11.9. The number of rotatable bonds is 2. The van der Waals surface area contributed by atoms with E-state index in [4.69, 9.17) is 0 Å². The molecule has 0 saturated heterocycles. The number of hydrogen-bond acceptors (Lipinski definition) is 0. The zero-order valence-corrected chi connectivity index (χ0v) is 11.9. The van der Waals surface area contributed by atoms with Crippen LogP contribution >= 0.6 is 0 Å². The maximum Gasteiger partial charge on any atom is -0.0332 e. The molecule has 0 aliphatic heterocycles. The molecule has 0 spiro atoms. The Morgan fingerprint density at radius 2 is 1.53 bits per heavy atom. The van der Waals surface area contributed by atoms with Crippen molar-refractivity contribution >= 4 is 0 Å². The average molecular weight is 210 g/mol. The van der Waals surface area contributed by atoms with E-state index in [1.165, 1.54) is 19.3 Å². The highest BCUT2D eigenvalue weighted by Crippen LogP contribution is 2.52. The van der Waals surface area contributed by atoms with Crippen LogP contribution in [0, 0.1) is 28.6 Å². The predicted molar refractivity (Wildman–Crippen MR) is 68.9 cm³/mol. The van der Waals surface area contributed by atoms with E-state index in [0.717, 1.165) is 17.8 Å². The third-order valence-electron chi connectivity index (χ3n) is 4.21. The van der Waals surface area contributed by atoms with Crippen LogP contribution in [0.3, 0.4) is 0 Å². The van der Waals surface area contributed by atoms with Gasteiger partial charge in [-0.1, -0.05) is 48.5 Å². The van der Waals surface area contributed by atoms with Crippen LogP contribution in [-0.2, 0) is 0 Å². The average Bonchev–Trinajstić information content (AvgIpc) is 1.95. The van der Waals surface area contributed by atoms with E-state index >= 15 is 0 Å². The molecular weight excluding hydrogens is 180 g/mol. The van der Waals surface area contributed by atoms with Crippen LogP contribution in [0.15, 0.2) is 0 Å². The second-order valence-corrected chi connectivity index (χ2v) is 7.95. The summed E-state index contributed by atoms with van der Waals surface area (Å²) in [5, 5.41) is 0. The Kier molecular flexibility index (Phi) is 3.58. The van der Waals surface area contributed by atoms with Crippen molar-refractivity contribution in [1.29, 1.82) is 0 Å². The molecule has 0 bridgehead atoms. The van der Waals surface area contributed by atoms with Gasteiger partial charge in [-0.2, -0.15) is 0 Å². The Bertz CT molecular complexity index is 201. The highest BCUT2D eigenvalue weighted by atomic mass is 14.5. The minimum Gasteiger partial charge on any atom is -0.0622 e. The first-order valence-electron chi connectivity index (χ1n) is 6.61. The third kappa shape index (κ3) is 3.50. The highest BCUT2D eigenvalue weighted by Gasteiger charge is 2.43. The minimum atomic E-state index is 0.512. The summed E-state index contributed by atoms with van der Waals surface area (Å²) in [7, 11) is 0. The first-order chi connectivity index (χ1) is 6.61. The van der Waals surface area contributed by atoms with E-state index in [-0.39, 0.29) is 0 Å². The lowest BCUT2D eigenvalue weighted by Gasteiger charge is -2.51. The summed E-state index contributed by atoms with van der Waals surface area (Å²) >= 11 is 0. The van der Waals surface area contributed by atoms with Gasteiger partial charge in [0.1, 0.15) is 0 Å². The van der Waals surface area contributed by atoms with E-state index < -0.39 is 0 Å². The molecule has 0 heteroatoms. The summed E-state index contributed by atoms with van der Waals surface area (Å²) in [4.78, 5) is 0. The summed E-state index contributed by atoms with van der Waals surface area (Å²) in [5.74, 6) is 2.93. The maximum absolute atomic E-state index is 2.44. The molecule has 1 aliphatic carbocycles. The maximum atomic E-state index is 2.44. The quantitative estimate of drug-likeness (QED) is 0.592. The molecule has 1 saturated carbocycles. The smallest absolute Gasteiger partial charge is 0.0332 e. The van der Waals surface area contributed by atoms with Gasteiger partial charge < -0.3 is 0 Å². The lowest BCUT2D eigenvalue weighted by atomic mass is 9.54. The standard InChI is InChI=1S/C15H30/c1-11-10-13(15(5,6)7)12(11)8-9-14(2,3)4/h11-13H,8-10H2,1-7H3. The topological polar surface area (TPSA) is 0 Å². The van der Waals surface area contributed by atoms with Gasteiger partial charge in [0.05, 0.1) is 0 Å². The number of hydrogen-bond donors (Lipinski definition) is 0. The van der Waals surface area contributed by atoms with E-state index in [9.17, 15) is 0 Å². The highest BCUT2D eigenvalue weighted by molar-refractivity contribution is 4.93. The first-order valence-corrected chi connectivity index (χ1v) is 6.61. The molecule has 1 rings (SSSR count). The van der Waals surface area contributed by atoms with Crippen LogP contribution in [-0.4, -0.2) is 0 Å². The van der Waals surface area contributed by atoms with Gasteiger partial charge in [-0.3, -0.25) is 0 Å². The van der Waals surface area contributed by atoms with Gasteiger partial charge in [0.25, 0.3) is 0 Å². The monoisotopic (exact) mass is 210 g/mol. The third-order valence-corrected chi connectivity index (χ3v) is 4.21. The molecule has 0 nitrogen and oxygen atoms in total. The Morgan fingerprint density at radius 3 is 1.87 bits per heavy atom. The van der Waals surface area contributed by atoms with E-state index in [1.54, 1.807) is 0 Å². The molecule has 3 atom stereocenters. The predicted octanol–water partition coefficient (Wildman–Crippen LogP) is 5.13. The van der Waals surface area contributed by atoms with Gasteiger partial charge in [0.15, 0.2) is 0 Å². The summed E-state index contributed by atoms with van der Waals surface area (Å²) in [6.45, 7) is 16.8. The second-order valence-electron chi connectivity index (χ2n) is 7.95. The molecule has 0 amide bonds. The van der Waals surface area contributed by atoms with Crippen molar-refractivity contribution in [2.24, 2.45) is 28.6 Å². The van der Waals surface area contributed by atoms with Crippen molar-refractivity contribution in [2.45, 2.75) is 67.7 Å². The van der Waals surface area contributed by atoms with Crippen molar-refractivity contribution < 1.29 is 0 Å². The van der Waals surface area contributed by atoms with Crippen molar-refractivity contribution in [3.63, 3.8) is 0 Å². The molecule has 1 fully saturated rings. The van der Waals surface area contributed by atoms with Crippen LogP contribution in [0.25, 0.3) is 0 Å². The van der Waals surface area contributed by atoms with Gasteiger partial charge in [-0.25, -0.2) is 0 Å². The zero-order valence-electron chi connectivity index (χ0n) is 11.9. The SMILES string of the molecule is CC1CC(C(C)(C)C)C1CCC(C)(C)C. The van der Waals surface area contributed by atoms with Crippen molar-refractivity contribution in [1.82, 2.24) is 0 Å². The van der Waals surface area contributed by atoms with Crippen LogP contribution in [0.1, 0.15) is 67.7 Å². The van der Waals surface area contributed by atoms with Gasteiger partial charge in [0, 0.05) is 0 Å². The van der Waals surface area contributed by atoms with Gasteiger partial charge in [-0.05, 0) is 47.8 Å². The molecule has 0 heterocycles. The van der Waals surface area contributed by atoms with Crippen LogP contribution < -0.4 is 0 Å². The Morgan fingerprint density at radius 1 is 1.00 bits per heavy atom. The van der Waals surface area contributed by atoms with Crippen LogP contribution in [0.4, 0.5) is 0 Å². The lowest BCUT2D eigenvalue weighted by molar-refractivity contribution is -0.0133. The fourth-order valence-electron chi connectivity index (χ4n) is 3.03. The fraction of sp³-hybridized carbons (Fsp3) is 1.00. The van der Waals surface area contributed by atoms with E-state index in [0.29, 0.717) is 10.8 Å². The molecule has 0 aromatic rings. The van der Waals surface area contributed by atoms with E-state index in [2.05, 4.69) is 48.5 Å². The molecular formula is C15H30. The molecule has 0 radical (unpaired) electrons. The van der Waals surface area contributed by atoms with Gasteiger partial charge in [0.2, 0.25) is 0 Å². The Labute approximate surface area is 96.8 Å². The molecule has 0 aromatic heterocycles. The van der Waals surface area contributed by atoms with E-state index in [1.807, 2.05) is 0 Å². The second kappa shape index (κ2) is 4.11. The summed E-state index contributed by atoms with van der Waals surface area (Å²) in [6, 6.07) is 0. The molecule has 0 N–H and O–H groups in total. The summed E-state index contributed by atoms with van der Waals surface area (Å²) in [5.41, 5.74) is 1.03. The molecule has 3 unspecified atom stereocenters. The molecule has 1 aliphatic rings. The first kappa shape index (κ1) is 13.1. The normalized spacial score (nSPS) is 32.6. The van der Waals surface area contributed by atoms with Crippen molar-refractivity contribution in [3.05, 3.63) is 0 Å². The van der Waals surface area contributed by atoms with Gasteiger partial charge in [-0.15, -0.1) is 0 Å².